The quantitative estimate of drug-likeness (QED) is 0.438. The van der Waals surface area contributed by atoms with E-state index in [1.807, 2.05) is 4.90 Å². The number of amides is 1. The molecule has 0 aromatic rings. The average molecular weight is 516 g/mol. The molecule has 6 aliphatic rings. The molecule has 1 heterocycles. The minimum atomic E-state index is -0.168. The topological polar surface area (TPSA) is 70.0 Å². The van der Waals surface area contributed by atoms with Crippen molar-refractivity contribution in [2.75, 3.05) is 13.1 Å². The first-order valence-electron chi connectivity index (χ1n) is 15.9. The van der Waals surface area contributed by atoms with Crippen LogP contribution in [0, 0.1) is 57.7 Å². The Bertz CT molecular complexity index is 884. The molecule has 4 unspecified atom stereocenters. The van der Waals surface area contributed by atoms with E-state index < -0.39 is 0 Å². The molecule has 6 fully saturated rings. The van der Waals surface area contributed by atoms with Crippen LogP contribution in [0.5, 0.6) is 0 Å². The second kappa shape index (κ2) is 9.11. The molecule has 0 aromatic carbocycles. The number of carbonyl (C=O) groups is 1. The molecule has 1 saturated heterocycles. The van der Waals surface area contributed by atoms with Gasteiger partial charge in [-0.05, 0) is 128 Å². The first-order chi connectivity index (χ1) is 17.6. The maximum Gasteiger partial charge on any atom is 0.410 e. The second-order valence-corrected chi connectivity index (χ2v) is 15.2. The number of hydrogen-bond acceptors (Lipinski definition) is 4. The van der Waals surface area contributed by atoms with E-state index in [4.69, 9.17) is 4.74 Å². The van der Waals surface area contributed by atoms with Gasteiger partial charge in [-0.15, -0.1) is 0 Å². The molecule has 5 heteroatoms. The normalized spacial score (nSPS) is 48.3. The molecule has 2 N–H and O–H groups in total. The fraction of sp³-hybridized carbons (Fsp3) is 0.969. The number of nitrogens with zero attached hydrogens (tertiary/aromatic N) is 1. The van der Waals surface area contributed by atoms with Gasteiger partial charge in [0.25, 0.3) is 0 Å². The van der Waals surface area contributed by atoms with Gasteiger partial charge in [-0.3, -0.25) is 0 Å². The molecule has 2 spiro atoms. The summed E-state index contributed by atoms with van der Waals surface area (Å²) in [4.78, 5) is 14.2. The van der Waals surface area contributed by atoms with Crippen molar-refractivity contribution in [3.05, 3.63) is 0 Å². The Labute approximate surface area is 225 Å². The van der Waals surface area contributed by atoms with Gasteiger partial charge in [0.05, 0.1) is 12.2 Å². The van der Waals surface area contributed by atoms with E-state index in [0.717, 1.165) is 63.5 Å². The van der Waals surface area contributed by atoms with Crippen LogP contribution in [0.4, 0.5) is 4.79 Å². The Morgan fingerprint density at radius 3 is 2.43 bits per heavy atom. The predicted octanol–water partition coefficient (Wildman–Crippen LogP) is 6.26. The minimum absolute atomic E-state index is 0.0236. The number of fused-ring (bicyclic) bond motifs is 2. The van der Waals surface area contributed by atoms with Crippen LogP contribution in [0.15, 0.2) is 0 Å². The summed E-state index contributed by atoms with van der Waals surface area (Å²) in [5, 5.41) is 22.2. The fourth-order valence-corrected chi connectivity index (χ4v) is 11.6. The molecule has 0 aromatic heterocycles. The first-order valence-corrected chi connectivity index (χ1v) is 15.9. The smallest absolute Gasteiger partial charge is 0.410 e. The number of hydrogen-bond donors (Lipinski definition) is 2. The van der Waals surface area contributed by atoms with E-state index in [2.05, 4.69) is 34.6 Å². The molecular weight excluding hydrogens is 462 g/mol. The maximum atomic E-state index is 12.4. The third-order valence-corrected chi connectivity index (χ3v) is 13.6. The third-order valence-electron chi connectivity index (χ3n) is 13.6. The van der Waals surface area contributed by atoms with Crippen molar-refractivity contribution in [1.29, 1.82) is 0 Å². The summed E-state index contributed by atoms with van der Waals surface area (Å²) in [6.07, 6.45) is 12.0. The highest BCUT2D eigenvalue weighted by atomic mass is 16.6. The second-order valence-electron chi connectivity index (χ2n) is 15.2. The highest BCUT2D eigenvalue weighted by Gasteiger charge is 2.83. The van der Waals surface area contributed by atoms with Crippen molar-refractivity contribution in [3.63, 3.8) is 0 Å². The summed E-state index contributed by atoms with van der Waals surface area (Å²) < 4.78 is 5.90. The Kier molecular flexibility index (Phi) is 6.51. The molecule has 5 nitrogen and oxygen atoms in total. The highest BCUT2D eigenvalue weighted by Crippen LogP contribution is 2.88. The summed E-state index contributed by atoms with van der Waals surface area (Å²) >= 11 is 0. The summed E-state index contributed by atoms with van der Waals surface area (Å²) in [6, 6.07) is 0. The number of likely N-dealkylation sites (tertiary alicyclic amines) is 1. The summed E-state index contributed by atoms with van der Waals surface area (Å²) in [6.45, 7) is 13.2. The Morgan fingerprint density at radius 1 is 1.03 bits per heavy atom. The molecule has 1 amide bonds. The van der Waals surface area contributed by atoms with Gasteiger partial charge in [0, 0.05) is 13.1 Å². The highest BCUT2D eigenvalue weighted by molar-refractivity contribution is 5.68. The van der Waals surface area contributed by atoms with Crippen molar-refractivity contribution in [2.24, 2.45) is 57.7 Å². The summed E-state index contributed by atoms with van der Waals surface area (Å²) in [7, 11) is 0. The maximum absolute atomic E-state index is 12.4. The monoisotopic (exact) mass is 515 g/mol. The lowest BCUT2D eigenvalue weighted by atomic mass is 9.48. The molecule has 37 heavy (non-hydrogen) atoms. The van der Waals surface area contributed by atoms with Crippen LogP contribution in [0.3, 0.4) is 0 Å². The summed E-state index contributed by atoms with van der Waals surface area (Å²) in [5.74, 6) is 4.27. The zero-order valence-electron chi connectivity index (χ0n) is 24.1. The van der Waals surface area contributed by atoms with E-state index in [1.54, 1.807) is 0 Å². The number of aliphatic hydroxyl groups excluding tert-OH is 2. The van der Waals surface area contributed by atoms with E-state index >= 15 is 0 Å². The number of rotatable bonds is 6. The first kappa shape index (κ1) is 26.4. The Hall–Kier alpha value is -0.810. The summed E-state index contributed by atoms with van der Waals surface area (Å²) in [5.41, 5.74) is 0.940. The van der Waals surface area contributed by atoms with Gasteiger partial charge in [0.1, 0.15) is 6.10 Å². The zero-order chi connectivity index (χ0) is 26.3. The van der Waals surface area contributed by atoms with E-state index in [9.17, 15) is 15.0 Å². The fourth-order valence-electron chi connectivity index (χ4n) is 11.6. The van der Waals surface area contributed by atoms with Crippen molar-refractivity contribution < 1.29 is 19.7 Å². The number of aliphatic hydroxyl groups is 2. The van der Waals surface area contributed by atoms with Crippen LogP contribution < -0.4 is 0 Å². The van der Waals surface area contributed by atoms with Gasteiger partial charge >= 0.3 is 6.09 Å². The van der Waals surface area contributed by atoms with Crippen LogP contribution in [-0.2, 0) is 4.74 Å². The van der Waals surface area contributed by atoms with Gasteiger partial charge in [-0.1, -0.05) is 34.6 Å². The molecule has 0 radical (unpaired) electrons. The Morgan fingerprint density at radius 2 is 1.76 bits per heavy atom. The van der Waals surface area contributed by atoms with Gasteiger partial charge in [-0.25, -0.2) is 4.79 Å². The van der Waals surface area contributed by atoms with Crippen molar-refractivity contribution >= 4 is 6.09 Å². The van der Waals surface area contributed by atoms with E-state index in [-0.39, 0.29) is 29.8 Å². The lowest BCUT2D eigenvalue weighted by Gasteiger charge is -2.57. The molecule has 11 atom stereocenters. The molecule has 210 valence electrons. The Balaban J connectivity index is 1.11. The molecular formula is C32H53NO4. The third kappa shape index (κ3) is 3.64. The van der Waals surface area contributed by atoms with Crippen molar-refractivity contribution in [3.8, 4) is 0 Å². The van der Waals surface area contributed by atoms with Crippen LogP contribution in [0.25, 0.3) is 0 Å². The molecule has 5 aliphatic carbocycles. The van der Waals surface area contributed by atoms with E-state index in [1.165, 1.54) is 32.1 Å². The molecule has 5 saturated carbocycles. The van der Waals surface area contributed by atoms with Gasteiger partial charge < -0.3 is 19.8 Å². The van der Waals surface area contributed by atoms with Crippen LogP contribution in [0.2, 0.25) is 0 Å². The van der Waals surface area contributed by atoms with E-state index in [0.29, 0.717) is 40.4 Å². The molecule has 1 aliphatic heterocycles. The SMILES string of the molecule is CC(C)[C@H](CCC[C@@H]1C2CC[C@@]34[C@H](C)C35CC[C@H](O)C(C)(C)C5CC[C@H]4C2C[C@H]1O)OC(=O)N1CCC1. The lowest BCUT2D eigenvalue weighted by molar-refractivity contribution is -0.122. The largest absolute Gasteiger partial charge is 0.446 e. The van der Waals surface area contributed by atoms with Crippen LogP contribution in [0.1, 0.15) is 105 Å². The van der Waals surface area contributed by atoms with Gasteiger partial charge in [-0.2, -0.15) is 0 Å². The molecule has 0 bridgehead atoms. The van der Waals surface area contributed by atoms with Crippen molar-refractivity contribution in [2.45, 2.75) is 124 Å². The van der Waals surface area contributed by atoms with Gasteiger partial charge in [0.15, 0.2) is 0 Å². The zero-order valence-corrected chi connectivity index (χ0v) is 24.1. The van der Waals surface area contributed by atoms with Crippen LogP contribution >= 0.6 is 0 Å². The average Bonchev–Trinajstić information content (AvgIpc) is 3.16. The number of ether oxygens (including phenoxy) is 1. The van der Waals surface area contributed by atoms with Crippen LogP contribution in [-0.4, -0.2) is 52.6 Å². The molecule has 6 rings (SSSR count). The number of carbonyl (C=O) groups excluding carboxylic acids is 1. The standard InChI is InChI=1S/C32H53NO4/c1-19(2)26(37-29(36)33-16-7-17-33)9-6-8-22-21-12-14-31-20(3)32(31)15-13-28(35)30(4,5)27(32)11-10-24(31)23(21)18-25(22)34/h19-28,34-35H,6-18H2,1-5H3/t20-,21?,22+,23?,24-,25+,26-,27?,28-,31-,32?/m0/s1. The lowest BCUT2D eigenvalue weighted by Crippen LogP contribution is -2.52. The minimum Gasteiger partial charge on any atom is -0.446 e. The van der Waals surface area contributed by atoms with Crippen molar-refractivity contribution in [1.82, 2.24) is 4.90 Å². The predicted molar refractivity (Wildman–Crippen MR) is 145 cm³/mol. The van der Waals surface area contributed by atoms with Gasteiger partial charge in [0.2, 0.25) is 0 Å².